The second-order valence-electron chi connectivity index (χ2n) is 5.27. The van der Waals surface area contributed by atoms with Crippen molar-refractivity contribution >= 4 is 10.0 Å². The summed E-state index contributed by atoms with van der Waals surface area (Å²) in [7, 11) is -1.70. The Bertz CT molecular complexity index is 517. The van der Waals surface area contributed by atoms with E-state index in [1.165, 1.54) is 0 Å². The van der Waals surface area contributed by atoms with Gasteiger partial charge in [-0.2, -0.15) is 0 Å². The molecule has 0 fully saturated rings. The van der Waals surface area contributed by atoms with Gasteiger partial charge in [0.05, 0.1) is 5.75 Å². The quantitative estimate of drug-likeness (QED) is 0.687. The Balaban J connectivity index is 2.58. The molecule has 0 amide bonds. The number of sulfonamides is 1. The van der Waals surface area contributed by atoms with Crippen LogP contribution in [-0.2, 0) is 27.1 Å². The number of nitrogens with one attached hydrogen (secondary N) is 2. The number of ether oxygens (including phenoxy) is 1. The monoisotopic (exact) mass is 314 g/mol. The molecule has 0 heterocycles. The van der Waals surface area contributed by atoms with E-state index in [2.05, 4.69) is 10.0 Å². The molecule has 0 saturated carbocycles. The van der Waals surface area contributed by atoms with Gasteiger partial charge >= 0.3 is 0 Å². The highest BCUT2D eigenvalue weighted by Gasteiger charge is 2.13. The number of benzene rings is 1. The molecule has 2 N–H and O–H groups in total. The lowest BCUT2D eigenvalue weighted by molar-refractivity contribution is 0.161. The molecule has 120 valence electrons. The summed E-state index contributed by atoms with van der Waals surface area (Å²) in [6, 6.07) is 7.66. The van der Waals surface area contributed by atoms with E-state index >= 15 is 0 Å². The predicted molar refractivity (Wildman–Crippen MR) is 85.5 cm³/mol. The van der Waals surface area contributed by atoms with Gasteiger partial charge in [-0.15, -0.1) is 0 Å². The van der Waals surface area contributed by atoms with Gasteiger partial charge in [0.1, 0.15) is 0 Å². The van der Waals surface area contributed by atoms with Crippen molar-refractivity contribution in [1.29, 1.82) is 0 Å². The SMILES string of the molecule is CCNCc1cccc(CS(=O)(=O)NCC(C)COC)c1. The van der Waals surface area contributed by atoms with Crippen LogP contribution in [0.5, 0.6) is 0 Å². The van der Waals surface area contributed by atoms with Crippen molar-refractivity contribution in [1.82, 2.24) is 10.0 Å². The van der Waals surface area contributed by atoms with Gasteiger partial charge in [-0.1, -0.05) is 38.1 Å². The fourth-order valence-corrected chi connectivity index (χ4v) is 3.24. The maximum absolute atomic E-state index is 12.1. The van der Waals surface area contributed by atoms with Gasteiger partial charge in [-0.25, -0.2) is 13.1 Å². The predicted octanol–water partition coefficient (Wildman–Crippen LogP) is 1.50. The first-order valence-electron chi connectivity index (χ1n) is 7.21. The first kappa shape index (κ1) is 18.1. The minimum absolute atomic E-state index is 0.00661. The van der Waals surface area contributed by atoms with Crippen molar-refractivity contribution in [3.05, 3.63) is 35.4 Å². The lowest BCUT2D eigenvalue weighted by atomic mass is 10.1. The molecular weight excluding hydrogens is 288 g/mol. The lowest BCUT2D eigenvalue weighted by Crippen LogP contribution is -2.31. The van der Waals surface area contributed by atoms with Crippen LogP contribution < -0.4 is 10.0 Å². The van der Waals surface area contributed by atoms with Crippen LogP contribution in [0.1, 0.15) is 25.0 Å². The van der Waals surface area contributed by atoms with Crippen LogP contribution in [0, 0.1) is 5.92 Å². The van der Waals surface area contributed by atoms with Crippen molar-refractivity contribution < 1.29 is 13.2 Å². The third-order valence-electron chi connectivity index (χ3n) is 3.03. The van der Waals surface area contributed by atoms with Crippen LogP contribution in [0.2, 0.25) is 0 Å². The Morgan fingerprint density at radius 1 is 1.29 bits per heavy atom. The molecule has 0 spiro atoms. The molecule has 21 heavy (non-hydrogen) atoms. The summed E-state index contributed by atoms with van der Waals surface area (Å²) in [6.45, 7) is 6.57. The molecule has 0 saturated heterocycles. The van der Waals surface area contributed by atoms with Crippen molar-refractivity contribution in [2.24, 2.45) is 5.92 Å². The van der Waals surface area contributed by atoms with E-state index in [9.17, 15) is 8.42 Å². The van der Waals surface area contributed by atoms with Crippen LogP contribution in [0.4, 0.5) is 0 Å². The van der Waals surface area contributed by atoms with Gasteiger partial charge < -0.3 is 10.1 Å². The summed E-state index contributed by atoms with van der Waals surface area (Å²) in [5, 5.41) is 3.23. The lowest BCUT2D eigenvalue weighted by Gasteiger charge is -2.12. The Kier molecular flexibility index (Phi) is 7.88. The van der Waals surface area contributed by atoms with E-state index in [0.717, 1.165) is 24.2 Å². The summed E-state index contributed by atoms with van der Waals surface area (Å²) in [4.78, 5) is 0. The highest BCUT2D eigenvalue weighted by molar-refractivity contribution is 7.88. The number of methoxy groups -OCH3 is 1. The van der Waals surface area contributed by atoms with Crippen LogP contribution in [0.3, 0.4) is 0 Å². The molecule has 0 aliphatic rings. The minimum atomic E-state index is -3.31. The zero-order valence-corrected chi connectivity index (χ0v) is 13.9. The molecule has 1 unspecified atom stereocenters. The maximum atomic E-state index is 12.1. The van der Waals surface area contributed by atoms with Crippen LogP contribution in [0.15, 0.2) is 24.3 Å². The first-order chi connectivity index (χ1) is 9.96. The van der Waals surface area contributed by atoms with Crippen molar-refractivity contribution in [2.45, 2.75) is 26.1 Å². The number of hydrogen-bond acceptors (Lipinski definition) is 4. The zero-order valence-electron chi connectivity index (χ0n) is 13.1. The van der Waals surface area contributed by atoms with Crippen LogP contribution >= 0.6 is 0 Å². The summed E-state index contributed by atoms with van der Waals surface area (Å²) in [5.74, 6) is 0.164. The number of hydrogen-bond donors (Lipinski definition) is 2. The molecule has 1 aromatic carbocycles. The molecule has 0 bridgehead atoms. The highest BCUT2D eigenvalue weighted by atomic mass is 32.2. The van der Waals surface area contributed by atoms with E-state index in [0.29, 0.717) is 13.2 Å². The van der Waals surface area contributed by atoms with E-state index in [1.807, 2.05) is 38.1 Å². The summed E-state index contributed by atoms with van der Waals surface area (Å²) < 4.78 is 31.8. The molecule has 0 aliphatic heterocycles. The highest BCUT2D eigenvalue weighted by Crippen LogP contribution is 2.09. The smallest absolute Gasteiger partial charge is 0.215 e. The summed E-state index contributed by atoms with van der Waals surface area (Å²) >= 11 is 0. The first-order valence-corrected chi connectivity index (χ1v) is 8.87. The third kappa shape index (κ3) is 7.57. The molecule has 6 heteroatoms. The average Bonchev–Trinajstić information content (AvgIpc) is 2.43. The van der Waals surface area contributed by atoms with E-state index in [4.69, 9.17) is 4.74 Å². The molecule has 1 rings (SSSR count). The van der Waals surface area contributed by atoms with Gasteiger partial charge in [0.2, 0.25) is 10.0 Å². The standard InChI is InChI=1S/C15H26N2O3S/c1-4-16-10-14-6-5-7-15(8-14)12-21(18,19)17-9-13(2)11-20-3/h5-8,13,16-17H,4,9-12H2,1-3H3. The van der Waals surface area contributed by atoms with Crippen molar-refractivity contribution in [3.8, 4) is 0 Å². The molecule has 5 nitrogen and oxygen atoms in total. The Morgan fingerprint density at radius 2 is 2.00 bits per heavy atom. The molecule has 0 aliphatic carbocycles. The van der Waals surface area contributed by atoms with Crippen molar-refractivity contribution in [2.75, 3.05) is 26.8 Å². The van der Waals surface area contributed by atoms with E-state index < -0.39 is 10.0 Å². The van der Waals surface area contributed by atoms with Crippen LogP contribution in [0.25, 0.3) is 0 Å². The molecule has 1 aromatic rings. The fraction of sp³-hybridized carbons (Fsp3) is 0.600. The Morgan fingerprint density at radius 3 is 2.67 bits per heavy atom. The largest absolute Gasteiger partial charge is 0.384 e. The molecular formula is C15H26N2O3S. The maximum Gasteiger partial charge on any atom is 0.215 e. The summed E-state index contributed by atoms with van der Waals surface area (Å²) in [5.41, 5.74) is 1.90. The van der Waals surface area contributed by atoms with E-state index in [1.54, 1.807) is 7.11 Å². The minimum Gasteiger partial charge on any atom is -0.384 e. The normalized spacial score (nSPS) is 13.3. The van der Waals surface area contributed by atoms with Gasteiger partial charge in [0, 0.05) is 26.8 Å². The topological polar surface area (TPSA) is 67.4 Å². The molecule has 0 radical (unpaired) electrons. The second kappa shape index (κ2) is 9.15. The Labute approximate surface area is 128 Å². The van der Waals surface area contributed by atoms with Crippen LogP contribution in [-0.4, -0.2) is 35.2 Å². The Hall–Kier alpha value is -0.950. The number of rotatable bonds is 10. The molecule has 0 aromatic heterocycles. The average molecular weight is 314 g/mol. The van der Waals surface area contributed by atoms with Gasteiger partial charge in [0.15, 0.2) is 0 Å². The van der Waals surface area contributed by atoms with Gasteiger partial charge in [-0.05, 0) is 23.6 Å². The zero-order chi connectivity index (χ0) is 15.7. The van der Waals surface area contributed by atoms with E-state index in [-0.39, 0.29) is 11.7 Å². The second-order valence-corrected chi connectivity index (χ2v) is 7.08. The fourth-order valence-electron chi connectivity index (χ4n) is 1.98. The molecule has 1 atom stereocenters. The van der Waals surface area contributed by atoms with Gasteiger partial charge in [0.25, 0.3) is 0 Å². The van der Waals surface area contributed by atoms with Crippen molar-refractivity contribution in [3.63, 3.8) is 0 Å². The summed E-state index contributed by atoms with van der Waals surface area (Å²) in [6.07, 6.45) is 0. The van der Waals surface area contributed by atoms with Gasteiger partial charge in [-0.3, -0.25) is 0 Å². The third-order valence-corrected chi connectivity index (χ3v) is 4.35.